The molecule has 8 heavy (non-hydrogen) atoms. The van der Waals surface area contributed by atoms with Crippen LogP contribution < -0.4 is 0 Å². The molecule has 0 spiro atoms. The van der Waals surface area contributed by atoms with Gasteiger partial charge in [-0.25, -0.2) is 5.26 Å². The van der Waals surface area contributed by atoms with E-state index in [9.17, 15) is 0 Å². The molecule has 1 N–H and O–H groups in total. The van der Waals surface area contributed by atoms with Gasteiger partial charge in [-0.2, -0.15) is 0 Å². The van der Waals surface area contributed by atoms with E-state index in [-0.39, 0.29) is 0 Å². The van der Waals surface area contributed by atoms with Gasteiger partial charge >= 0.3 is 0 Å². The molecule has 0 aliphatic rings. The van der Waals surface area contributed by atoms with E-state index in [0.717, 1.165) is 19.3 Å². The van der Waals surface area contributed by atoms with Gasteiger partial charge in [0.15, 0.2) is 0 Å². The summed E-state index contributed by atoms with van der Waals surface area (Å²) >= 11 is 0. The van der Waals surface area contributed by atoms with Crippen LogP contribution in [0.15, 0.2) is 12.3 Å². The number of hydrogen-bond acceptors (Lipinski definition) is 2. The predicted molar refractivity (Wildman–Crippen MR) is 32.4 cm³/mol. The zero-order valence-corrected chi connectivity index (χ0v) is 5.18. The van der Waals surface area contributed by atoms with E-state index >= 15 is 0 Å². The second kappa shape index (κ2) is 4.65. The fourth-order valence-corrected chi connectivity index (χ4v) is 0.420. The molecular formula is C6H12O2. The Kier molecular flexibility index (Phi) is 4.36. The lowest BCUT2D eigenvalue weighted by molar-refractivity contribution is -0.205. The SMILES string of the molecule is C=C(CCCC)OO. The summed E-state index contributed by atoms with van der Waals surface area (Å²) < 4.78 is 0. The second-order valence-corrected chi connectivity index (χ2v) is 1.73. The van der Waals surface area contributed by atoms with Crippen molar-refractivity contribution in [3.8, 4) is 0 Å². The molecule has 0 rings (SSSR count). The highest BCUT2D eigenvalue weighted by Crippen LogP contribution is 2.03. The molecule has 0 saturated carbocycles. The fraction of sp³-hybridized carbons (Fsp3) is 0.667. The molecule has 0 bridgehead atoms. The monoisotopic (exact) mass is 116 g/mol. The third kappa shape index (κ3) is 3.68. The molecule has 0 fully saturated rings. The molecule has 0 aromatic rings. The zero-order chi connectivity index (χ0) is 6.41. The van der Waals surface area contributed by atoms with Crippen molar-refractivity contribution in [3.05, 3.63) is 12.3 Å². The first-order valence-electron chi connectivity index (χ1n) is 2.80. The first-order chi connectivity index (χ1) is 3.81. The van der Waals surface area contributed by atoms with Gasteiger partial charge in [0, 0.05) is 6.42 Å². The summed E-state index contributed by atoms with van der Waals surface area (Å²) in [5.41, 5.74) is 0. The minimum absolute atomic E-state index is 0.451. The number of rotatable bonds is 4. The molecule has 0 radical (unpaired) electrons. The summed E-state index contributed by atoms with van der Waals surface area (Å²) in [5, 5.41) is 7.96. The maximum absolute atomic E-state index is 7.96. The molecular weight excluding hydrogens is 104 g/mol. The molecule has 0 aliphatic carbocycles. The largest absolute Gasteiger partial charge is 0.345 e. The Morgan fingerprint density at radius 2 is 2.38 bits per heavy atom. The highest BCUT2D eigenvalue weighted by atomic mass is 17.1. The Balaban J connectivity index is 2.99. The van der Waals surface area contributed by atoms with Crippen molar-refractivity contribution < 1.29 is 10.1 Å². The standard InChI is InChI=1S/C6H12O2/c1-3-4-5-6(2)8-7/h7H,2-5H2,1H3. The highest BCUT2D eigenvalue weighted by molar-refractivity contribution is 4.79. The van der Waals surface area contributed by atoms with E-state index in [1.807, 2.05) is 0 Å². The van der Waals surface area contributed by atoms with Crippen LogP contribution in [0.25, 0.3) is 0 Å². The van der Waals surface area contributed by atoms with Gasteiger partial charge in [-0.05, 0) is 6.42 Å². The van der Waals surface area contributed by atoms with Gasteiger partial charge in [-0.3, -0.25) is 0 Å². The normalized spacial score (nSPS) is 8.75. The molecule has 0 atom stereocenters. The Morgan fingerprint density at radius 3 is 2.75 bits per heavy atom. The molecule has 0 aromatic heterocycles. The van der Waals surface area contributed by atoms with Crippen molar-refractivity contribution in [1.29, 1.82) is 0 Å². The van der Waals surface area contributed by atoms with Crippen molar-refractivity contribution in [1.82, 2.24) is 0 Å². The van der Waals surface area contributed by atoms with Crippen molar-refractivity contribution >= 4 is 0 Å². The van der Waals surface area contributed by atoms with Gasteiger partial charge in [0.1, 0.15) is 5.76 Å². The van der Waals surface area contributed by atoms with Gasteiger partial charge < -0.3 is 4.89 Å². The smallest absolute Gasteiger partial charge is 0.135 e. The van der Waals surface area contributed by atoms with Crippen LogP contribution >= 0.6 is 0 Å². The zero-order valence-electron chi connectivity index (χ0n) is 5.18. The lowest BCUT2D eigenvalue weighted by atomic mass is 10.2. The number of hydrogen-bond donors (Lipinski definition) is 1. The van der Waals surface area contributed by atoms with E-state index in [1.165, 1.54) is 0 Å². The maximum Gasteiger partial charge on any atom is 0.135 e. The third-order valence-corrected chi connectivity index (χ3v) is 0.938. The molecule has 0 heterocycles. The minimum atomic E-state index is 0.451. The third-order valence-electron chi connectivity index (χ3n) is 0.938. The van der Waals surface area contributed by atoms with Crippen molar-refractivity contribution in [2.75, 3.05) is 0 Å². The highest BCUT2D eigenvalue weighted by Gasteiger charge is 1.89. The van der Waals surface area contributed by atoms with E-state index in [2.05, 4.69) is 18.4 Å². The second-order valence-electron chi connectivity index (χ2n) is 1.73. The molecule has 2 nitrogen and oxygen atoms in total. The van der Waals surface area contributed by atoms with Gasteiger partial charge in [0.25, 0.3) is 0 Å². The molecule has 0 aromatic carbocycles. The Bertz CT molecular complexity index is 68.9. The Morgan fingerprint density at radius 1 is 1.75 bits per heavy atom. The first-order valence-corrected chi connectivity index (χ1v) is 2.80. The van der Waals surface area contributed by atoms with Gasteiger partial charge in [0.05, 0.1) is 0 Å². The van der Waals surface area contributed by atoms with E-state index in [4.69, 9.17) is 5.26 Å². The van der Waals surface area contributed by atoms with Crippen molar-refractivity contribution in [2.45, 2.75) is 26.2 Å². The molecule has 0 amide bonds. The van der Waals surface area contributed by atoms with Gasteiger partial charge in [-0.15, -0.1) is 0 Å². The maximum atomic E-state index is 7.96. The first kappa shape index (κ1) is 7.50. The quantitative estimate of drug-likeness (QED) is 0.346. The minimum Gasteiger partial charge on any atom is -0.345 e. The summed E-state index contributed by atoms with van der Waals surface area (Å²) in [6, 6.07) is 0. The molecule has 0 aliphatic heterocycles. The lowest BCUT2D eigenvalue weighted by Gasteiger charge is -1.96. The van der Waals surface area contributed by atoms with E-state index < -0.39 is 0 Å². The summed E-state index contributed by atoms with van der Waals surface area (Å²) in [5.74, 6) is 0.451. The predicted octanol–water partition coefficient (Wildman–Crippen LogP) is 2.18. The Labute approximate surface area is 49.7 Å². The van der Waals surface area contributed by atoms with Crippen molar-refractivity contribution in [2.24, 2.45) is 0 Å². The van der Waals surface area contributed by atoms with Crippen LogP contribution in [0.5, 0.6) is 0 Å². The topological polar surface area (TPSA) is 29.5 Å². The summed E-state index contributed by atoms with van der Waals surface area (Å²) in [6.45, 7) is 5.51. The molecule has 2 heteroatoms. The summed E-state index contributed by atoms with van der Waals surface area (Å²) in [6.07, 6.45) is 2.88. The molecule has 0 saturated heterocycles. The van der Waals surface area contributed by atoms with E-state index in [1.54, 1.807) is 0 Å². The van der Waals surface area contributed by atoms with Gasteiger partial charge in [-0.1, -0.05) is 19.9 Å². The van der Waals surface area contributed by atoms with Crippen molar-refractivity contribution in [3.63, 3.8) is 0 Å². The molecule has 48 valence electrons. The average Bonchev–Trinajstić information content (AvgIpc) is 1.83. The van der Waals surface area contributed by atoms with Crippen LogP contribution in [0.3, 0.4) is 0 Å². The van der Waals surface area contributed by atoms with Crippen LogP contribution in [-0.4, -0.2) is 5.26 Å². The molecule has 0 unspecified atom stereocenters. The van der Waals surface area contributed by atoms with Gasteiger partial charge in [0.2, 0.25) is 0 Å². The number of allylic oxidation sites excluding steroid dienone is 1. The van der Waals surface area contributed by atoms with Crippen LogP contribution in [0.4, 0.5) is 0 Å². The fourth-order valence-electron chi connectivity index (χ4n) is 0.420. The average molecular weight is 116 g/mol. The lowest BCUT2D eigenvalue weighted by Crippen LogP contribution is -1.83. The van der Waals surface area contributed by atoms with Crippen LogP contribution in [0.2, 0.25) is 0 Å². The van der Waals surface area contributed by atoms with E-state index in [0.29, 0.717) is 5.76 Å². The van der Waals surface area contributed by atoms with Crippen LogP contribution in [0.1, 0.15) is 26.2 Å². The summed E-state index contributed by atoms with van der Waals surface area (Å²) in [4.78, 5) is 3.86. The summed E-state index contributed by atoms with van der Waals surface area (Å²) in [7, 11) is 0. The van der Waals surface area contributed by atoms with Crippen LogP contribution in [-0.2, 0) is 4.89 Å². The van der Waals surface area contributed by atoms with Crippen LogP contribution in [0, 0.1) is 0 Å². The number of unbranched alkanes of at least 4 members (excludes halogenated alkanes) is 1. The Hall–Kier alpha value is -0.500.